The summed E-state index contributed by atoms with van der Waals surface area (Å²) >= 11 is 0. The highest BCUT2D eigenvalue weighted by Gasteiger charge is 2.16. The molecule has 0 atom stereocenters. The summed E-state index contributed by atoms with van der Waals surface area (Å²) in [7, 11) is 0. The number of hydrogen-bond acceptors (Lipinski definition) is 9. The average molecular weight is 470 g/mol. The summed E-state index contributed by atoms with van der Waals surface area (Å²) in [6.07, 6.45) is 1.74. The number of anilines is 4. The van der Waals surface area contributed by atoms with Gasteiger partial charge in [-0.05, 0) is 42.0 Å². The van der Waals surface area contributed by atoms with Crippen molar-refractivity contribution in [2.75, 3.05) is 37.1 Å². The van der Waals surface area contributed by atoms with Gasteiger partial charge in [0, 0.05) is 35.3 Å². The van der Waals surface area contributed by atoms with Gasteiger partial charge in [0.05, 0.1) is 0 Å². The summed E-state index contributed by atoms with van der Waals surface area (Å²) in [5.41, 5.74) is 3.19. The van der Waals surface area contributed by atoms with E-state index in [0.29, 0.717) is 61.2 Å². The topological polar surface area (TPSA) is 107 Å². The maximum Gasteiger partial charge on any atom is 0.229 e. The summed E-state index contributed by atoms with van der Waals surface area (Å²) in [4.78, 5) is 9.26. The standard InChI is InChI=1S/C26H22N4O5/c31-19-5-1-16(2-6-19)20-15-27-26(29-18-4-8-22-24(14-18)35-12-10-33-22)30-25(20)28-17-3-7-21-23(13-17)34-11-9-32-21/h1-8,13-15,31H,9-12H2,(H2,27,28,29,30). The monoisotopic (exact) mass is 470 g/mol. The van der Waals surface area contributed by atoms with E-state index in [1.807, 2.05) is 48.5 Å². The van der Waals surface area contributed by atoms with Crippen LogP contribution in [0.2, 0.25) is 0 Å². The number of rotatable bonds is 5. The summed E-state index contributed by atoms with van der Waals surface area (Å²) in [6, 6.07) is 18.2. The maximum atomic E-state index is 9.71. The zero-order valence-electron chi connectivity index (χ0n) is 18.7. The Morgan fingerprint density at radius 2 is 1.23 bits per heavy atom. The molecule has 3 aromatic carbocycles. The van der Waals surface area contributed by atoms with Crippen molar-refractivity contribution >= 4 is 23.1 Å². The van der Waals surface area contributed by atoms with Crippen LogP contribution in [-0.2, 0) is 0 Å². The molecule has 0 bridgehead atoms. The lowest BCUT2D eigenvalue weighted by atomic mass is 10.1. The minimum absolute atomic E-state index is 0.188. The van der Waals surface area contributed by atoms with Crippen LogP contribution in [0.15, 0.2) is 66.9 Å². The fraction of sp³-hybridized carbons (Fsp3) is 0.154. The van der Waals surface area contributed by atoms with Gasteiger partial charge in [0.25, 0.3) is 0 Å². The predicted molar refractivity (Wildman–Crippen MR) is 131 cm³/mol. The molecule has 35 heavy (non-hydrogen) atoms. The highest BCUT2D eigenvalue weighted by atomic mass is 16.6. The fourth-order valence-corrected chi connectivity index (χ4v) is 3.90. The van der Waals surface area contributed by atoms with Crippen LogP contribution >= 0.6 is 0 Å². The highest BCUT2D eigenvalue weighted by molar-refractivity contribution is 5.79. The van der Waals surface area contributed by atoms with Gasteiger partial charge in [0.15, 0.2) is 23.0 Å². The van der Waals surface area contributed by atoms with E-state index >= 15 is 0 Å². The van der Waals surface area contributed by atoms with Crippen LogP contribution in [-0.4, -0.2) is 41.5 Å². The molecule has 0 fully saturated rings. The van der Waals surface area contributed by atoms with Crippen molar-refractivity contribution in [2.45, 2.75) is 0 Å². The van der Waals surface area contributed by atoms with E-state index in [1.165, 1.54) is 0 Å². The normalized spacial score (nSPS) is 13.7. The van der Waals surface area contributed by atoms with E-state index < -0.39 is 0 Å². The lowest BCUT2D eigenvalue weighted by Crippen LogP contribution is -2.15. The second kappa shape index (κ2) is 8.94. The number of aromatic nitrogens is 2. The second-order valence-corrected chi connectivity index (χ2v) is 7.97. The van der Waals surface area contributed by atoms with E-state index in [2.05, 4.69) is 15.6 Å². The van der Waals surface area contributed by atoms with Crippen molar-refractivity contribution in [3.05, 3.63) is 66.9 Å². The minimum Gasteiger partial charge on any atom is -0.508 e. The van der Waals surface area contributed by atoms with Crippen molar-refractivity contribution in [1.82, 2.24) is 9.97 Å². The van der Waals surface area contributed by atoms with Crippen molar-refractivity contribution < 1.29 is 24.1 Å². The molecule has 176 valence electrons. The van der Waals surface area contributed by atoms with Crippen molar-refractivity contribution in [3.63, 3.8) is 0 Å². The molecular formula is C26H22N4O5. The molecule has 9 heteroatoms. The van der Waals surface area contributed by atoms with E-state index in [4.69, 9.17) is 23.9 Å². The number of aromatic hydroxyl groups is 1. The molecule has 1 aromatic heterocycles. The Hall–Kier alpha value is -4.66. The van der Waals surface area contributed by atoms with Crippen molar-refractivity contribution in [3.8, 4) is 39.9 Å². The van der Waals surface area contributed by atoms with Gasteiger partial charge in [-0.1, -0.05) is 12.1 Å². The van der Waals surface area contributed by atoms with Crippen LogP contribution in [0.3, 0.4) is 0 Å². The molecule has 2 aliphatic rings. The van der Waals surface area contributed by atoms with E-state index in [1.54, 1.807) is 18.3 Å². The first-order valence-corrected chi connectivity index (χ1v) is 11.2. The number of nitrogens with one attached hydrogen (secondary N) is 2. The summed E-state index contributed by atoms with van der Waals surface area (Å²) in [5, 5.41) is 16.3. The van der Waals surface area contributed by atoms with Crippen LogP contribution < -0.4 is 29.6 Å². The van der Waals surface area contributed by atoms with E-state index in [-0.39, 0.29) is 5.75 Å². The maximum absolute atomic E-state index is 9.71. The molecule has 4 aromatic rings. The van der Waals surface area contributed by atoms with Crippen LogP contribution in [0, 0.1) is 0 Å². The smallest absolute Gasteiger partial charge is 0.229 e. The van der Waals surface area contributed by atoms with Crippen LogP contribution in [0.1, 0.15) is 0 Å². The molecule has 0 unspecified atom stereocenters. The third kappa shape index (κ3) is 4.43. The van der Waals surface area contributed by atoms with Gasteiger partial charge >= 0.3 is 0 Å². The molecule has 0 saturated heterocycles. The molecule has 0 saturated carbocycles. The SMILES string of the molecule is Oc1ccc(-c2cnc(Nc3ccc4c(c3)OCCO4)nc2Nc2ccc3c(c2)OCCO3)cc1. The number of fused-ring (bicyclic) bond motifs is 2. The zero-order valence-corrected chi connectivity index (χ0v) is 18.7. The Morgan fingerprint density at radius 3 is 1.86 bits per heavy atom. The van der Waals surface area contributed by atoms with Crippen LogP contribution in [0.25, 0.3) is 11.1 Å². The average Bonchev–Trinajstić information content (AvgIpc) is 2.89. The first-order chi connectivity index (χ1) is 17.2. The van der Waals surface area contributed by atoms with Crippen molar-refractivity contribution in [2.24, 2.45) is 0 Å². The largest absolute Gasteiger partial charge is 0.508 e. The van der Waals surface area contributed by atoms with Gasteiger partial charge in [-0.2, -0.15) is 4.98 Å². The van der Waals surface area contributed by atoms with Crippen LogP contribution in [0.5, 0.6) is 28.7 Å². The second-order valence-electron chi connectivity index (χ2n) is 7.97. The number of hydrogen-bond donors (Lipinski definition) is 3. The molecular weight excluding hydrogens is 448 g/mol. The molecule has 0 radical (unpaired) electrons. The molecule has 3 N–H and O–H groups in total. The predicted octanol–water partition coefficient (Wildman–Crippen LogP) is 4.88. The van der Waals surface area contributed by atoms with Crippen molar-refractivity contribution in [1.29, 1.82) is 0 Å². The molecule has 9 nitrogen and oxygen atoms in total. The first-order valence-electron chi connectivity index (χ1n) is 11.2. The summed E-state index contributed by atoms with van der Waals surface area (Å²) in [6.45, 7) is 2.09. The number of nitrogens with zero attached hydrogens (tertiary/aromatic N) is 2. The van der Waals surface area contributed by atoms with Gasteiger partial charge in [-0.25, -0.2) is 4.98 Å². The zero-order chi connectivity index (χ0) is 23.6. The highest BCUT2D eigenvalue weighted by Crippen LogP contribution is 2.37. The van der Waals surface area contributed by atoms with Gasteiger partial charge in [0.1, 0.15) is 38.0 Å². The third-order valence-electron chi connectivity index (χ3n) is 5.57. The number of ether oxygens (including phenoxy) is 4. The van der Waals surface area contributed by atoms with Gasteiger partial charge < -0.3 is 34.7 Å². The molecule has 3 heterocycles. The number of benzene rings is 3. The molecule has 0 amide bonds. The Balaban J connectivity index is 1.34. The quantitative estimate of drug-likeness (QED) is 0.376. The van der Waals surface area contributed by atoms with Gasteiger partial charge in [-0.15, -0.1) is 0 Å². The molecule has 6 rings (SSSR count). The fourth-order valence-electron chi connectivity index (χ4n) is 3.90. The van der Waals surface area contributed by atoms with E-state index in [0.717, 1.165) is 22.5 Å². The lowest BCUT2D eigenvalue weighted by molar-refractivity contribution is 0.171. The molecule has 0 spiro atoms. The Kier molecular flexibility index (Phi) is 5.34. The third-order valence-corrected chi connectivity index (χ3v) is 5.57. The molecule has 2 aliphatic heterocycles. The first kappa shape index (κ1) is 20.9. The Morgan fingerprint density at radius 1 is 0.657 bits per heavy atom. The van der Waals surface area contributed by atoms with Gasteiger partial charge in [0.2, 0.25) is 5.95 Å². The van der Waals surface area contributed by atoms with E-state index in [9.17, 15) is 5.11 Å². The summed E-state index contributed by atoms with van der Waals surface area (Å²) < 4.78 is 22.6. The number of phenolic OH excluding ortho intramolecular Hbond substituents is 1. The Bertz CT molecular complexity index is 1380. The van der Waals surface area contributed by atoms with Crippen LogP contribution in [0.4, 0.5) is 23.1 Å². The number of phenols is 1. The molecule has 0 aliphatic carbocycles. The van der Waals surface area contributed by atoms with Gasteiger partial charge in [-0.3, -0.25) is 0 Å². The minimum atomic E-state index is 0.188. The lowest BCUT2D eigenvalue weighted by Gasteiger charge is -2.20. The summed E-state index contributed by atoms with van der Waals surface area (Å²) in [5.74, 6) is 3.96. The Labute approximate surface area is 201 Å².